The highest BCUT2D eigenvalue weighted by Gasteiger charge is 2.08. The summed E-state index contributed by atoms with van der Waals surface area (Å²) in [6, 6.07) is 9.48. The summed E-state index contributed by atoms with van der Waals surface area (Å²) in [5.41, 5.74) is 7.50. The van der Waals surface area contributed by atoms with Crippen LogP contribution in [0.2, 0.25) is 0 Å². The summed E-state index contributed by atoms with van der Waals surface area (Å²) in [5.74, 6) is -0.579. The number of rotatable bonds is 2. The molecule has 1 heterocycles. The molecule has 0 aliphatic rings. The number of carbonyl (C=O) groups is 1. The van der Waals surface area contributed by atoms with Gasteiger partial charge in [0.05, 0.1) is 5.69 Å². The molecule has 0 unspecified atom stereocenters. The topological polar surface area (TPSA) is 68.9 Å². The van der Waals surface area contributed by atoms with Crippen molar-refractivity contribution in [2.45, 2.75) is 6.92 Å². The molecule has 0 spiro atoms. The third-order valence-electron chi connectivity index (χ3n) is 2.19. The van der Waals surface area contributed by atoms with E-state index in [4.69, 9.17) is 5.73 Å². The molecule has 2 N–H and O–H groups in total. The molecule has 0 saturated heterocycles. The molecule has 0 bridgehead atoms. The Balaban J connectivity index is 2.56. The molecular weight excluding hydrogens is 282 g/mol. The van der Waals surface area contributed by atoms with Crippen molar-refractivity contribution in [3.8, 4) is 11.3 Å². The lowest BCUT2D eigenvalue weighted by Crippen LogP contribution is -2.16. The maximum Gasteiger partial charge on any atom is 0.286 e. The van der Waals surface area contributed by atoms with Gasteiger partial charge < -0.3 is 5.73 Å². The molecule has 1 aromatic carbocycles. The Morgan fingerprint density at radius 3 is 2.71 bits per heavy atom. The second kappa shape index (κ2) is 4.63. The summed E-state index contributed by atoms with van der Waals surface area (Å²) in [4.78, 5) is 19.2. The molecule has 0 aliphatic carbocycles. The second-order valence-electron chi connectivity index (χ2n) is 3.59. The third-order valence-corrected chi connectivity index (χ3v) is 2.69. The van der Waals surface area contributed by atoms with Crippen molar-refractivity contribution in [1.29, 1.82) is 0 Å². The fourth-order valence-electron chi connectivity index (χ4n) is 1.47. The molecule has 2 rings (SSSR count). The molecule has 2 aromatic rings. The van der Waals surface area contributed by atoms with Gasteiger partial charge in [-0.2, -0.15) is 0 Å². The summed E-state index contributed by atoms with van der Waals surface area (Å²) >= 11 is 3.39. The normalized spacial score (nSPS) is 10.2. The summed E-state index contributed by atoms with van der Waals surface area (Å²) < 4.78 is 0.951. The first-order valence-electron chi connectivity index (χ1n) is 4.97. The number of aromatic nitrogens is 2. The van der Waals surface area contributed by atoms with Gasteiger partial charge >= 0.3 is 0 Å². The van der Waals surface area contributed by atoms with Crippen LogP contribution in [0, 0.1) is 6.92 Å². The van der Waals surface area contributed by atoms with Gasteiger partial charge in [-0.25, -0.2) is 9.97 Å². The van der Waals surface area contributed by atoms with Crippen LogP contribution in [-0.4, -0.2) is 15.9 Å². The SMILES string of the molecule is Cc1cc(-c2cccc(Br)c2)nc(C(N)=O)n1. The van der Waals surface area contributed by atoms with Gasteiger partial charge in [-0.15, -0.1) is 0 Å². The molecule has 17 heavy (non-hydrogen) atoms. The van der Waals surface area contributed by atoms with E-state index in [1.54, 1.807) is 6.92 Å². The highest BCUT2D eigenvalue weighted by molar-refractivity contribution is 9.10. The van der Waals surface area contributed by atoms with Crippen LogP contribution in [0.5, 0.6) is 0 Å². The minimum absolute atomic E-state index is 0.0416. The lowest BCUT2D eigenvalue weighted by molar-refractivity contribution is 0.0990. The van der Waals surface area contributed by atoms with E-state index in [0.29, 0.717) is 11.4 Å². The quantitative estimate of drug-likeness (QED) is 0.923. The average Bonchev–Trinajstić information content (AvgIpc) is 2.28. The number of benzene rings is 1. The molecule has 0 saturated carbocycles. The predicted octanol–water partition coefficient (Wildman–Crippen LogP) is 2.31. The van der Waals surface area contributed by atoms with E-state index in [2.05, 4.69) is 25.9 Å². The number of carbonyl (C=O) groups excluding carboxylic acids is 1. The Morgan fingerprint density at radius 2 is 2.06 bits per heavy atom. The van der Waals surface area contributed by atoms with Gasteiger partial charge in [0.2, 0.25) is 5.82 Å². The number of hydrogen-bond donors (Lipinski definition) is 1. The monoisotopic (exact) mass is 291 g/mol. The standard InChI is InChI=1S/C12H10BrN3O/c1-7-5-10(16-12(15-7)11(14)17)8-3-2-4-9(13)6-8/h2-6H,1H3,(H2,14,17). The van der Waals surface area contributed by atoms with E-state index >= 15 is 0 Å². The van der Waals surface area contributed by atoms with Crippen LogP contribution in [0.15, 0.2) is 34.8 Å². The Labute approximate surface area is 107 Å². The predicted molar refractivity (Wildman–Crippen MR) is 68.4 cm³/mol. The fourth-order valence-corrected chi connectivity index (χ4v) is 1.87. The second-order valence-corrected chi connectivity index (χ2v) is 4.51. The van der Waals surface area contributed by atoms with Crippen molar-refractivity contribution in [1.82, 2.24) is 9.97 Å². The van der Waals surface area contributed by atoms with Gasteiger partial charge in [-0.1, -0.05) is 28.1 Å². The minimum atomic E-state index is -0.620. The molecule has 1 amide bonds. The van der Waals surface area contributed by atoms with Crippen LogP contribution in [0.1, 0.15) is 16.3 Å². The van der Waals surface area contributed by atoms with Crippen LogP contribution in [-0.2, 0) is 0 Å². The molecule has 4 nitrogen and oxygen atoms in total. The molecule has 1 aromatic heterocycles. The van der Waals surface area contributed by atoms with Crippen molar-refractivity contribution in [2.75, 3.05) is 0 Å². The summed E-state index contributed by atoms with van der Waals surface area (Å²) in [7, 11) is 0. The zero-order valence-electron chi connectivity index (χ0n) is 9.14. The van der Waals surface area contributed by atoms with Crippen LogP contribution >= 0.6 is 15.9 Å². The van der Waals surface area contributed by atoms with Crippen molar-refractivity contribution in [3.63, 3.8) is 0 Å². The van der Waals surface area contributed by atoms with Crippen LogP contribution in [0.4, 0.5) is 0 Å². The number of aryl methyl sites for hydroxylation is 1. The van der Waals surface area contributed by atoms with Crippen molar-refractivity contribution in [2.24, 2.45) is 5.73 Å². The third kappa shape index (κ3) is 2.68. The number of primary amides is 1. The number of nitrogens with two attached hydrogens (primary N) is 1. The van der Waals surface area contributed by atoms with E-state index in [1.165, 1.54) is 0 Å². The van der Waals surface area contributed by atoms with Gasteiger partial charge in [-0.05, 0) is 25.1 Å². The maximum atomic E-state index is 11.1. The number of hydrogen-bond acceptors (Lipinski definition) is 3. The first kappa shape index (κ1) is 11.7. The van der Waals surface area contributed by atoms with Gasteiger partial charge in [0, 0.05) is 15.7 Å². The van der Waals surface area contributed by atoms with Crippen LogP contribution in [0.3, 0.4) is 0 Å². The zero-order valence-corrected chi connectivity index (χ0v) is 10.7. The van der Waals surface area contributed by atoms with E-state index < -0.39 is 5.91 Å². The van der Waals surface area contributed by atoms with Crippen LogP contribution < -0.4 is 5.73 Å². The largest absolute Gasteiger partial charge is 0.363 e. The van der Waals surface area contributed by atoms with E-state index in [0.717, 1.165) is 10.0 Å². The lowest BCUT2D eigenvalue weighted by atomic mass is 10.1. The van der Waals surface area contributed by atoms with Gasteiger partial charge in [-0.3, -0.25) is 4.79 Å². The summed E-state index contributed by atoms with van der Waals surface area (Å²) in [6.07, 6.45) is 0. The van der Waals surface area contributed by atoms with E-state index in [9.17, 15) is 4.79 Å². The molecule has 0 atom stereocenters. The van der Waals surface area contributed by atoms with Crippen molar-refractivity contribution >= 4 is 21.8 Å². The van der Waals surface area contributed by atoms with E-state index in [-0.39, 0.29) is 5.82 Å². The minimum Gasteiger partial charge on any atom is -0.363 e. The lowest BCUT2D eigenvalue weighted by Gasteiger charge is -2.04. The first-order valence-corrected chi connectivity index (χ1v) is 5.77. The van der Waals surface area contributed by atoms with Gasteiger partial charge in [0.1, 0.15) is 0 Å². The van der Waals surface area contributed by atoms with Gasteiger partial charge in [0.25, 0.3) is 5.91 Å². The molecule has 0 aliphatic heterocycles. The number of nitrogens with zero attached hydrogens (tertiary/aromatic N) is 2. The van der Waals surface area contributed by atoms with Crippen LogP contribution in [0.25, 0.3) is 11.3 Å². The Kier molecular flexibility index (Phi) is 3.19. The highest BCUT2D eigenvalue weighted by Crippen LogP contribution is 2.21. The summed E-state index contributed by atoms with van der Waals surface area (Å²) in [5, 5.41) is 0. The molecule has 0 radical (unpaired) electrons. The Bertz CT molecular complexity index is 584. The van der Waals surface area contributed by atoms with E-state index in [1.807, 2.05) is 30.3 Å². The Morgan fingerprint density at radius 1 is 1.29 bits per heavy atom. The first-order chi connectivity index (χ1) is 8.06. The average molecular weight is 292 g/mol. The summed E-state index contributed by atoms with van der Waals surface area (Å²) in [6.45, 7) is 1.80. The van der Waals surface area contributed by atoms with Gasteiger partial charge in [0.15, 0.2) is 0 Å². The molecule has 0 fully saturated rings. The smallest absolute Gasteiger partial charge is 0.286 e. The number of amides is 1. The van der Waals surface area contributed by atoms with Crippen molar-refractivity contribution < 1.29 is 4.79 Å². The Hall–Kier alpha value is -1.75. The maximum absolute atomic E-state index is 11.1. The highest BCUT2D eigenvalue weighted by atomic mass is 79.9. The number of halogens is 1. The molecule has 86 valence electrons. The molecule has 5 heteroatoms. The zero-order chi connectivity index (χ0) is 12.4. The van der Waals surface area contributed by atoms with Crippen molar-refractivity contribution in [3.05, 3.63) is 46.3 Å². The molecular formula is C12H10BrN3O. The fraction of sp³-hybridized carbons (Fsp3) is 0.0833.